The molecule has 0 saturated carbocycles. The van der Waals surface area contributed by atoms with Crippen LogP contribution in [0.15, 0.2) is 60.7 Å². The van der Waals surface area contributed by atoms with E-state index in [2.05, 4.69) is 19.1 Å². The summed E-state index contributed by atoms with van der Waals surface area (Å²) >= 11 is 0. The molecule has 0 aromatic heterocycles. The number of rotatable bonds is 7. The maximum Gasteiger partial charge on any atom is 0.304 e. The van der Waals surface area contributed by atoms with E-state index in [-0.39, 0.29) is 24.2 Å². The number of benzene rings is 3. The van der Waals surface area contributed by atoms with Crippen LogP contribution in [0, 0.1) is 6.92 Å². The number of fused-ring (bicyclic) bond motifs is 1. The molecule has 3 aromatic rings. The van der Waals surface area contributed by atoms with Crippen molar-refractivity contribution in [2.75, 3.05) is 23.8 Å². The van der Waals surface area contributed by atoms with Gasteiger partial charge in [-0.3, -0.25) is 9.59 Å². The van der Waals surface area contributed by atoms with Gasteiger partial charge in [-0.05, 0) is 65.8 Å². The highest BCUT2D eigenvalue weighted by atomic mass is 16.4. The highest BCUT2D eigenvalue weighted by Crippen LogP contribution is 2.38. The quantitative estimate of drug-likeness (QED) is 0.255. The first kappa shape index (κ1) is 25.3. The van der Waals surface area contributed by atoms with Crippen molar-refractivity contribution in [3.63, 3.8) is 0 Å². The van der Waals surface area contributed by atoms with Crippen LogP contribution in [0.25, 0.3) is 0 Å². The van der Waals surface area contributed by atoms with Crippen molar-refractivity contribution in [3.8, 4) is 0 Å². The van der Waals surface area contributed by atoms with Crippen LogP contribution in [0.1, 0.15) is 70.3 Å². The molecule has 1 aliphatic rings. The van der Waals surface area contributed by atoms with Crippen LogP contribution < -0.4 is 16.6 Å². The Bertz CT molecular complexity index is 1280. The van der Waals surface area contributed by atoms with Gasteiger partial charge < -0.3 is 20.7 Å². The molecule has 1 amide bonds. The normalized spacial score (nSPS) is 15.8. The lowest BCUT2D eigenvalue weighted by Crippen LogP contribution is -2.37. The summed E-state index contributed by atoms with van der Waals surface area (Å²) in [6.45, 7) is 7.70. The number of carboxylic acids is 1. The topological polar surface area (TPSA) is 113 Å². The minimum absolute atomic E-state index is 0.00191. The molecule has 7 heteroatoms. The number of aliphatic carboxylic acids is 1. The molecule has 7 nitrogen and oxygen atoms in total. The van der Waals surface area contributed by atoms with Gasteiger partial charge in [0.2, 0.25) is 0 Å². The average Bonchev–Trinajstić information content (AvgIpc) is 2.88. The van der Waals surface area contributed by atoms with Crippen molar-refractivity contribution in [2.24, 2.45) is 5.84 Å². The SMILES string of the molecule is CCN(N)c1ccc(C(CC(=O)O)c2ccc3c(c2)CN(C(=O)c2ccccc2)CC3C)c(C)c1N. The standard InChI is InChI=1S/C29H34N4O3/c1-4-33(31)26-13-12-24(19(3)28(26)30)25(15-27(34)35)21-10-11-23-18(2)16-32(17-22(23)14-21)29(36)20-8-6-5-7-9-20/h5-14,18,25H,4,15-17,30-31H2,1-3H3,(H,34,35). The van der Waals surface area contributed by atoms with E-state index in [1.54, 1.807) is 5.01 Å². The molecule has 1 heterocycles. The fourth-order valence-electron chi connectivity index (χ4n) is 5.19. The van der Waals surface area contributed by atoms with Gasteiger partial charge in [0.1, 0.15) is 0 Å². The Hall–Kier alpha value is -3.84. The monoisotopic (exact) mass is 486 g/mol. The molecule has 188 valence electrons. The molecule has 0 aliphatic carbocycles. The van der Waals surface area contributed by atoms with Crippen molar-refractivity contribution >= 4 is 23.3 Å². The van der Waals surface area contributed by atoms with Gasteiger partial charge in [0.05, 0.1) is 17.8 Å². The first-order valence-electron chi connectivity index (χ1n) is 12.3. The Kier molecular flexibility index (Phi) is 7.31. The van der Waals surface area contributed by atoms with Gasteiger partial charge >= 0.3 is 5.97 Å². The zero-order chi connectivity index (χ0) is 26.0. The van der Waals surface area contributed by atoms with E-state index in [1.807, 2.05) is 67.3 Å². The summed E-state index contributed by atoms with van der Waals surface area (Å²) in [6, 6.07) is 19.2. The molecule has 0 bridgehead atoms. The number of nitrogens with two attached hydrogens (primary N) is 2. The largest absolute Gasteiger partial charge is 0.481 e. The first-order valence-corrected chi connectivity index (χ1v) is 12.3. The lowest BCUT2D eigenvalue weighted by Gasteiger charge is -2.34. The Labute approximate surface area is 212 Å². The molecule has 3 aromatic carbocycles. The highest BCUT2D eigenvalue weighted by molar-refractivity contribution is 5.94. The predicted molar refractivity (Wildman–Crippen MR) is 143 cm³/mol. The molecule has 0 radical (unpaired) electrons. The summed E-state index contributed by atoms with van der Waals surface area (Å²) in [5.41, 5.74) is 13.2. The van der Waals surface area contributed by atoms with Crippen LogP contribution in [0.2, 0.25) is 0 Å². The molecule has 1 aliphatic heterocycles. The van der Waals surface area contributed by atoms with E-state index in [0.717, 1.165) is 27.9 Å². The molecule has 0 fully saturated rings. The summed E-state index contributed by atoms with van der Waals surface area (Å²) in [7, 11) is 0. The molecular formula is C29H34N4O3. The maximum atomic E-state index is 13.2. The van der Waals surface area contributed by atoms with Crippen LogP contribution in [0.5, 0.6) is 0 Å². The number of hydrazine groups is 1. The molecule has 0 saturated heterocycles. The van der Waals surface area contributed by atoms with Crippen molar-refractivity contribution in [1.82, 2.24) is 4.90 Å². The molecular weight excluding hydrogens is 452 g/mol. The molecule has 4 rings (SSSR count). The second kappa shape index (κ2) is 10.4. The van der Waals surface area contributed by atoms with E-state index in [9.17, 15) is 14.7 Å². The van der Waals surface area contributed by atoms with Gasteiger partial charge in [0, 0.05) is 31.1 Å². The lowest BCUT2D eigenvalue weighted by atomic mass is 9.82. The van der Waals surface area contributed by atoms with E-state index in [4.69, 9.17) is 11.6 Å². The number of nitrogens with zero attached hydrogens (tertiary/aromatic N) is 2. The Morgan fingerprint density at radius 2 is 1.86 bits per heavy atom. The molecule has 5 N–H and O–H groups in total. The summed E-state index contributed by atoms with van der Waals surface area (Å²) in [5.74, 6) is 4.99. The van der Waals surface area contributed by atoms with Crippen LogP contribution >= 0.6 is 0 Å². The van der Waals surface area contributed by atoms with E-state index < -0.39 is 5.97 Å². The van der Waals surface area contributed by atoms with Gasteiger partial charge in [-0.25, -0.2) is 5.84 Å². The number of carbonyl (C=O) groups excluding carboxylic acids is 1. The molecule has 2 atom stereocenters. The minimum Gasteiger partial charge on any atom is -0.481 e. The summed E-state index contributed by atoms with van der Waals surface area (Å²) in [5, 5.41) is 11.3. The number of amides is 1. The fourth-order valence-corrected chi connectivity index (χ4v) is 5.19. The number of carbonyl (C=O) groups is 2. The van der Waals surface area contributed by atoms with Gasteiger partial charge in [0.15, 0.2) is 0 Å². The minimum atomic E-state index is -0.886. The maximum absolute atomic E-state index is 13.2. The third-order valence-electron chi connectivity index (χ3n) is 7.20. The van der Waals surface area contributed by atoms with Crippen molar-refractivity contribution in [3.05, 3.63) is 94.0 Å². The average molecular weight is 487 g/mol. The Morgan fingerprint density at radius 3 is 2.53 bits per heavy atom. The van der Waals surface area contributed by atoms with Crippen LogP contribution in [0.3, 0.4) is 0 Å². The van der Waals surface area contributed by atoms with Crippen LogP contribution in [0.4, 0.5) is 11.4 Å². The Balaban J connectivity index is 1.72. The van der Waals surface area contributed by atoms with Crippen LogP contribution in [-0.2, 0) is 11.3 Å². The molecule has 36 heavy (non-hydrogen) atoms. The van der Waals surface area contributed by atoms with Gasteiger partial charge in [0.25, 0.3) is 5.91 Å². The summed E-state index contributed by atoms with van der Waals surface area (Å²) < 4.78 is 0. The molecule has 0 spiro atoms. The number of anilines is 2. The summed E-state index contributed by atoms with van der Waals surface area (Å²) in [6.07, 6.45) is -0.0687. The number of hydrogen-bond acceptors (Lipinski definition) is 5. The second-order valence-electron chi connectivity index (χ2n) is 9.56. The predicted octanol–water partition coefficient (Wildman–Crippen LogP) is 4.64. The second-order valence-corrected chi connectivity index (χ2v) is 9.56. The smallest absolute Gasteiger partial charge is 0.304 e. The number of carboxylic acid groups (broad SMARTS) is 1. The van der Waals surface area contributed by atoms with E-state index in [0.29, 0.717) is 30.9 Å². The molecule has 2 unspecified atom stereocenters. The number of nitrogen functional groups attached to an aromatic ring is 1. The van der Waals surface area contributed by atoms with Crippen molar-refractivity contribution in [1.29, 1.82) is 0 Å². The van der Waals surface area contributed by atoms with E-state index >= 15 is 0 Å². The van der Waals surface area contributed by atoms with Gasteiger partial charge in [-0.15, -0.1) is 0 Å². The zero-order valence-electron chi connectivity index (χ0n) is 21.1. The third-order valence-corrected chi connectivity index (χ3v) is 7.20. The Morgan fingerprint density at radius 1 is 1.14 bits per heavy atom. The number of hydrogen-bond donors (Lipinski definition) is 3. The lowest BCUT2D eigenvalue weighted by molar-refractivity contribution is -0.137. The third kappa shape index (κ3) is 4.93. The highest BCUT2D eigenvalue weighted by Gasteiger charge is 2.28. The first-order chi connectivity index (χ1) is 17.2. The van der Waals surface area contributed by atoms with Crippen LogP contribution in [-0.4, -0.2) is 35.0 Å². The van der Waals surface area contributed by atoms with E-state index in [1.165, 1.54) is 5.56 Å². The van der Waals surface area contributed by atoms with Gasteiger partial charge in [-0.1, -0.05) is 49.4 Å². The van der Waals surface area contributed by atoms with Crippen molar-refractivity contribution in [2.45, 2.75) is 45.6 Å². The van der Waals surface area contributed by atoms with Gasteiger partial charge in [-0.2, -0.15) is 0 Å². The summed E-state index contributed by atoms with van der Waals surface area (Å²) in [4.78, 5) is 26.9. The van der Waals surface area contributed by atoms with Crippen molar-refractivity contribution < 1.29 is 14.7 Å². The fraction of sp³-hybridized carbons (Fsp3) is 0.310. The zero-order valence-corrected chi connectivity index (χ0v) is 21.1.